The number of piperidine rings is 1. The van der Waals surface area contributed by atoms with Gasteiger partial charge in [-0.1, -0.05) is 0 Å². The first-order valence-corrected chi connectivity index (χ1v) is 12.9. The summed E-state index contributed by atoms with van der Waals surface area (Å²) < 4.78 is 68.9. The Labute approximate surface area is 221 Å². The fourth-order valence-corrected chi connectivity index (χ4v) is 6.05. The van der Waals surface area contributed by atoms with E-state index in [1.165, 1.54) is 35.2 Å². The monoisotopic (exact) mass is 548 g/mol. The van der Waals surface area contributed by atoms with E-state index in [0.29, 0.717) is 56.6 Å². The summed E-state index contributed by atoms with van der Waals surface area (Å²) in [6, 6.07) is 6.46. The van der Waals surface area contributed by atoms with E-state index >= 15 is 0 Å². The standard InChI is InChI=1S/C27H28F4N4O4/c1-25(37)13-17(14-25)35-15-32-22-12-18(11-20(23(22)35)27(29,30)31)38-9-8-34-6-4-26(5-7-34)19-10-16(28)2-3-21(19)33-24(36)39-26/h2-3,10-12,15,17,37H,4-9,13-14H2,1H3,(H,33,36). The average Bonchev–Trinajstić information content (AvgIpc) is 3.27. The highest BCUT2D eigenvalue weighted by molar-refractivity contribution is 5.88. The van der Waals surface area contributed by atoms with Gasteiger partial charge in [0.25, 0.3) is 0 Å². The highest BCUT2D eigenvalue weighted by Gasteiger charge is 2.45. The van der Waals surface area contributed by atoms with Gasteiger partial charge < -0.3 is 19.1 Å². The molecular weight excluding hydrogens is 520 g/mol. The zero-order valence-corrected chi connectivity index (χ0v) is 21.2. The first kappa shape index (κ1) is 25.9. The van der Waals surface area contributed by atoms with E-state index in [1.54, 1.807) is 6.92 Å². The van der Waals surface area contributed by atoms with Crippen LogP contribution in [0.3, 0.4) is 0 Å². The summed E-state index contributed by atoms with van der Waals surface area (Å²) in [7, 11) is 0. The first-order chi connectivity index (χ1) is 18.4. The molecule has 2 N–H and O–H groups in total. The minimum atomic E-state index is -4.61. The molecule has 1 amide bonds. The molecule has 39 heavy (non-hydrogen) atoms. The third-order valence-corrected chi connectivity index (χ3v) is 8.03. The Balaban J connectivity index is 1.12. The molecule has 2 aromatic carbocycles. The van der Waals surface area contributed by atoms with Gasteiger partial charge in [-0.2, -0.15) is 13.2 Å². The van der Waals surface area contributed by atoms with Crippen molar-refractivity contribution in [3.63, 3.8) is 0 Å². The predicted octanol–water partition coefficient (Wildman–Crippen LogP) is 5.21. The summed E-state index contributed by atoms with van der Waals surface area (Å²) in [5.41, 5.74) is -1.31. The van der Waals surface area contributed by atoms with Gasteiger partial charge in [0.05, 0.1) is 34.2 Å². The fourth-order valence-electron chi connectivity index (χ4n) is 6.05. The maximum Gasteiger partial charge on any atom is 0.418 e. The lowest BCUT2D eigenvalue weighted by atomic mass is 9.77. The summed E-state index contributed by atoms with van der Waals surface area (Å²) >= 11 is 0. The smallest absolute Gasteiger partial charge is 0.418 e. The first-order valence-electron chi connectivity index (χ1n) is 12.9. The van der Waals surface area contributed by atoms with Crippen LogP contribution < -0.4 is 10.1 Å². The average molecular weight is 549 g/mol. The molecule has 1 saturated heterocycles. The molecule has 3 aliphatic rings. The van der Waals surface area contributed by atoms with Gasteiger partial charge in [0.2, 0.25) is 0 Å². The van der Waals surface area contributed by atoms with Crippen LogP contribution in [0.25, 0.3) is 11.0 Å². The van der Waals surface area contributed by atoms with Gasteiger partial charge in [-0.05, 0) is 44.0 Å². The third-order valence-electron chi connectivity index (χ3n) is 8.03. The number of aromatic nitrogens is 2. The molecule has 12 heteroatoms. The van der Waals surface area contributed by atoms with Gasteiger partial charge in [0.1, 0.15) is 23.8 Å². The maximum atomic E-state index is 14.0. The van der Waals surface area contributed by atoms with E-state index in [0.717, 1.165) is 6.07 Å². The van der Waals surface area contributed by atoms with Gasteiger partial charge >= 0.3 is 12.3 Å². The second-order valence-corrected chi connectivity index (χ2v) is 10.9. The number of halogens is 4. The lowest BCUT2D eigenvalue weighted by molar-refractivity contribution is -0.136. The SMILES string of the molecule is CC1(O)CC(n2cnc3cc(OCCN4CCC5(CC4)OC(=O)Nc4ccc(F)cc45)cc(C(F)(F)F)c32)C1. The Morgan fingerprint density at radius 2 is 1.95 bits per heavy atom. The summed E-state index contributed by atoms with van der Waals surface area (Å²) in [5.74, 6) is -0.339. The van der Waals surface area contributed by atoms with Crippen LogP contribution in [0, 0.1) is 5.82 Å². The number of fused-ring (bicyclic) bond motifs is 3. The van der Waals surface area contributed by atoms with E-state index < -0.39 is 34.9 Å². The fraction of sp³-hybridized carbons (Fsp3) is 0.481. The Hall–Kier alpha value is -3.38. The molecule has 0 radical (unpaired) electrons. The van der Waals surface area contributed by atoms with Crippen LogP contribution in [0.2, 0.25) is 0 Å². The summed E-state index contributed by atoms with van der Waals surface area (Å²) in [4.78, 5) is 18.4. The molecule has 3 aromatic rings. The number of nitrogens with zero attached hydrogens (tertiary/aromatic N) is 3. The number of hydrogen-bond donors (Lipinski definition) is 2. The molecule has 1 aliphatic carbocycles. The highest BCUT2D eigenvalue weighted by Crippen LogP contribution is 2.46. The highest BCUT2D eigenvalue weighted by atomic mass is 19.4. The van der Waals surface area contributed by atoms with Gasteiger partial charge in [-0.15, -0.1) is 0 Å². The largest absolute Gasteiger partial charge is 0.492 e. The number of rotatable bonds is 5. The van der Waals surface area contributed by atoms with Gasteiger partial charge in [0, 0.05) is 50.1 Å². The van der Waals surface area contributed by atoms with Crippen molar-refractivity contribution < 1.29 is 36.9 Å². The van der Waals surface area contributed by atoms with E-state index in [-0.39, 0.29) is 29.4 Å². The third kappa shape index (κ3) is 4.80. The molecule has 0 atom stereocenters. The van der Waals surface area contributed by atoms with Gasteiger partial charge in [0.15, 0.2) is 0 Å². The molecule has 3 heterocycles. The molecule has 2 aliphatic heterocycles. The molecule has 208 valence electrons. The zero-order chi connectivity index (χ0) is 27.6. The minimum Gasteiger partial charge on any atom is -0.492 e. The normalized spacial score (nSPS) is 24.7. The van der Waals surface area contributed by atoms with Crippen molar-refractivity contribution in [1.29, 1.82) is 0 Å². The Kier molecular flexibility index (Phi) is 6.03. The molecule has 1 spiro atoms. The molecule has 1 saturated carbocycles. The number of aliphatic hydroxyl groups is 1. The number of ether oxygens (including phenoxy) is 2. The van der Waals surface area contributed by atoms with Crippen LogP contribution in [-0.4, -0.2) is 57.5 Å². The predicted molar refractivity (Wildman–Crippen MR) is 133 cm³/mol. The molecule has 1 aromatic heterocycles. The number of nitrogens with one attached hydrogen (secondary N) is 1. The van der Waals surface area contributed by atoms with Crippen molar-refractivity contribution in [1.82, 2.24) is 14.5 Å². The van der Waals surface area contributed by atoms with Crippen LogP contribution in [0.5, 0.6) is 5.75 Å². The van der Waals surface area contributed by atoms with Crippen molar-refractivity contribution in [2.75, 3.05) is 31.6 Å². The van der Waals surface area contributed by atoms with Crippen LogP contribution >= 0.6 is 0 Å². The van der Waals surface area contributed by atoms with Crippen molar-refractivity contribution in [2.45, 2.75) is 56.0 Å². The van der Waals surface area contributed by atoms with Crippen LogP contribution in [0.15, 0.2) is 36.7 Å². The molecule has 2 fully saturated rings. The summed E-state index contributed by atoms with van der Waals surface area (Å²) in [5, 5.41) is 12.7. The van der Waals surface area contributed by atoms with Gasteiger partial charge in [-0.3, -0.25) is 10.2 Å². The van der Waals surface area contributed by atoms with Crippen molar-refractivity contribution >= 4 is 22.8 Å². The molecule has 0 unspecified atom stereocenters. The number of amides is 1. The van der Waals surface area contributed by atoms with E-state index in [4.69, 9.17) is 9.47 Å². The van der Waals surface area contributed by atoms with Gasteiger partial charge in [-0.25, -0.2) is 14.2 Å². The number of carbonyl (C=O) groups excluding carboxylic acids is 1. The Morgan fingerprint density at radius 1 is 1.21 bits per heavy atom. The molecule has 0 bridgehead atoms. The van der Waals surface area contributed by atoms with Crippen LogP contribution in [0.1, 0.15) is 49.8 Å². The van der Waals surface area contributed by atoms with E-state index in [1.807, 2.05) is 0 Å². The summed E-state index contributed by atoms with van der Waals surface area (Å²) in [6.45, 7) is 3.33. The van der Waals surface area contributed by atoms with Crippen LogP contribution in [0.4, 0.5) is 28.0 Å². The van der Waals surface area contributed by atoms with Crippen molar-refractivity contribution in [2.24, 2.45) is 0 Å². The Morgan fingerprint density at radius 3 is 2.64 bits per heavy atom. The minimum absolute atomic E-state index is 0.00934. The zero-order valence-electron chi connectivity index (χ0n) is 21.2. The number of hydrogen-bond acceptors (Lipinski definition) is 6. The number of anilines is 1. The molecular formula is C27H28F4N4O4. The Bertz CT molecular complexity index is 1420. The number of alkyl halides is 3. The topological polar surface area (TPSA) is 88.8 Å². The number of likely N-dealkylation sites (tertiary alicyclic amines) is 1. The van der Waals surface area contributed by atoms with Crippen molar-refractivity contribution in [3.8, 4) is 5.75 Å². The lowest BCUT2D eigenvalue weighted by Crippen LogP contribution is -2.49. The maximum absolute atomic E-state index is 14.0. The molecule has 8 nitrogen and oxygen atoms in total. The molecule has 6 rings (SSSR count). The van der Waals surface area contributed by atoms with Crippen LogP contribution in [-0.2, 0) is 16.5 Å². The quantitative estimate of drug-likeness (QED) is 0.426. The van der Waals surface area contributed by atoms with E-state index in [9.17, 15) is 27.5 Å². The number of benzene rings is 2. The second-order valence-electron chi connectivity index (χ2n) is 10.9. The second kappa shape index (κ2) is 9.09. The van der Waals surface area contributed by atoms with Crippen molar-refractivity contribution in [3.05, 3.63) is 53.6 Å². The number of imidazole rings is 1. The number of carbonyl (C=O) groups is 1. The van der Waals surface area contributed by atoms with E-state index in [2.05, 4.69) is 15.2 Å². The lowest BCUT2D eigenvalue weighted by Gasteiger charge is -2.44. The summed E-state index contributed by atoms with van der Waals surface area (Å²) in [6.07, 6.45) is -2.16.